The summed E-state index contributed by atoms with van der Waals surface area (Å²) in [5.74, 6) is 0.955. The summed E-state index contributed by atoms with van der Waals surface area (Å²) in [4.78, 5) is 5.05. The highest BCUT2D eigenvalue weighted by Gasteiger charge is 2.33. The van der Waals surface area contributed by atoms with Crippen LogP contribution in [0.3, 0.4) is 0 Å². The van der Waals surface area contributed by atoms with Crippen molar-refractivity contribution in [3.63, 3.8) is 0 Å². The van der Waals surface area contributed by atoms with E-state index in [2.05, 4.69) is 34.4 Å². The van der Waals surface area contributed by atoms with Crippen molar-refractivity contribution >= 4 is 15.9 Å². The molecule has 0 aliphatic carbocycles. The first-order valence-electron chi connectivity index (χ1n) is 5.51. The van der Waals surface area contributed by atoms with Crippen LogP contribution in [0, 0.1) is 0 Å². The zero-order chi connectivity index (χ0) is 11.5. The summed E-state index contributed by atoms with van der Waals surface area (Å²) < 4.78 is 6.97. The Balaban J connectivity index is 2.26. The van der Waals surface area contributed by atoms with Crippen LogP contribution in [0.1, 0.15) is 31.4 Å². The molecule has 1 aliphatic rings. The molecule has 3 nitrogen and oxygen atoms in total. The fraction of sp³-hybridized carbons (Fsp3) is 0.500. The molecule has 0 saturated carbocycles. The molecule has 1 aliphatic heterocycles. The summed E-state index contributed by atoms with van der Waals surface area (Å²) in [5, 5.41) is 0. The molecule has 1 N–H and O–H groups in total. The van der Waals surface area contributed by atoms with Gasteiger partial charge in [-0.3, -0.25) is 0 Å². The van der Waals surface area contributed by atoms with Gasteiger partial charge in [0.15, 0.2) is 0 Å². The van der Waals surface area contributed by atoms with E-state index in [1.54, 1.807) is 7.11 Å². The van der Waals surface area contributed by atoms with Crippen molar-refractivity contribution in [3.8, 4) is 5.75 Å². The normalized spacial score (nSPS) is 22.9. The van der Waals surface area contributed by atoms with Crippen LogP contribution in [-0.2, 0) is 4.84 Å². The fourth-order valence-corrected chi connectivity index (χ4v) is 2.46. The molecule has 1 aromatic carbocycles. The van der Waals surface area contributed by atoms with Gasteiger partial charge in [0.1, 0.15) is 11.9 Å². The lowest BCUT2D eigenvalue weighted by Crippen LogP contribution is -2.30. The number of benzene rings is 1. The van der Waals surface area contributed by atoms with E-state index < -0.39 is 0 Å². The number of hydroxylamine groups is 1. The van der Waals surface area contributed by atoms with Crippen LogP contribution < -0.4 is 10.2 Å². The molecule has 0 saturated heterocycles. The Hall–Kier alpha value is -0.580. The highest BCUT2D eigenvalue weighted by molar-refractivity contribution is 9.10. The second-order valence-electron chi connectivity index (χ2n) is 3.93. The quantitative estimate of drug-likeness (QED) is 0.862. The first-order chi connectivity index (χ1) is 7.76. The van der Waals surface area contributed by atoms with Crippen molar-refractivity contribution in [2.75, 3.05) is 7.11 Å². The minimum Gasteiger partial charge on any atom is -0.488 e. The van der Waals surface area contributed by atoms with E-state index in [4.69, 9.17) is 9.57 Å². The van der Waals surface area contributed by atoms with Gasteiger partial charge >= 0.3 is 0 Å². The van der Waals surface area contributed by atoms with Gasteiger partial charge < -0.3 is 9.57 Å². The third-order valence-corrected chi connectivity index (χ3v) is 3.27. The Morgan fingerprint density at radius 1 is 1.50 bits per heavy atom. The molecular formula is C12H16BrNO2. The molecule has 2 unspecified atom stereocenters. The van der Waals surface area contributed by atoms with Crippen LogP contribution in [-0.4, -0.2) is 13.2 Å². The predicted octanol–water partition coefficient (Wildman–Crippen LogP) is 3.20. The van der Waals surface area contributed by atoms with Gasteiger partial charge in [0.05, 0.1) is 13.2 Å². The van der Waals surface area contributed by atoms with Gasteiger partial charge in [-0.15, -0.1) is 0 Å². The van der Waals surface area contributed by atoms with Gasteiger partial charge in [-0.25, -0.2) is 0 Å². The number of fused-ring (bicyclic) bond motifs is 1. The largest absolute Gasteiger partial charge is 0.488 e. The lowest BCUT2D eigenvalue weighted by molar-refractivity contribution is 0.0269. The highest BCUT2D eigenvalue weighted by atomic mass is 79.9. The van der Waals surface area contributed by atoms with Gasteiger partial charge in [0.25, 0.3) is 0 Å². The van der Waals surface area contributed by atoms with Crippen LogP contribution in [0.15, 0.2) is 22.7 Å². The smallest absolute Gasteiger partial charge is 0.124 e. The molecule has 0 radical (unpaired) electrons. The molecular weight excluding hydrogens is 270 g/mol. The molecule has 1 heterocycles. The highest BCUT2D eigenvalue weighted by Crippen LogP contribution is 2.39. The van der Waals surface area contributed by atoms with E-state index in [-0.39, 0.29) is 12.1 Å². The third-order valence-electron chi connectivity index (χ3n) is 2.78. The van der Waals surface area contributed by atoms with Crippen LogP contribution >= 0.6 is 15.9 Å². The standard InChI is InChI=1S/C12H16BrNO2/c1-3-4-11-12(14-15-2)9-7-8(13)5-6-10(9)16-11/h5-7,11-12,14H,3-4H2,1-2H3. The minimum atomic E-state index is 0.123. The topological polar surface area (TPSA) is 30.5 Å². The molecule has 4 heteroatoms. The first kappa shape index (κ1) is 11.9. The van der Waals surface area contributed by atoms with Gasteiger partial charge in [-0.05, 0) is 24.6 Å². The molecule has 88 valence electrons. The molecule has 2 atom stereocenters. The maximum Gasteiger partial charge on any atom is 0.124 e. The number of rotatable bonds is 4. The zero-order valence-corrected chi connectivity index (χ0v) is 11.1. The van der Waals surface area contributed by atoms with Crippen LogP contribution in [0.5, 0.6) is 5.75 Å². The Kier molecular flexibility index (Phi) is 3.84. The second-order valence-corrected chi connectivity index (χ2v) is 4.84. The second kappa shape index (κ2) is 5.17. The number of halogens is 1. The van der Waals surface area contributed by atoms with Crippen LogP contribution in [0.4, 0.5) is 0 Å². The van der Waals surface area contributed by atoms with Crippen molar-refractivity contribution in [3.05, 3.63) is 28.2 Å². The van der Waals surface area contributed by atoms with Crippen LogP contribution in [0.25, 0.3) is 0 Å². The summed E-state index contributed by atoms with van der Waals surface area (Å²) >= 11 is 3.48. The number of hydrogen-bond donors (Lipinski definition) is 1. The Labute approximate surface area is 104 Å². The molecule has 0 fully saturated rings. The van der Waals surface area contributed by atoms with E-state index in [0.717, 1.165) is 28.6 Å². The number of nitrogens with one attached hydrogen (secondary N) is 1. The van der Waals surface area contributed by atoms with Crippen molar-refractivity contribution in [1.82, 2.24) is 5.48 Å². The van der Waals surface area contributed by atoms with Crippen molar-refractivity contribution < 1.29 is 9.57 Å². The van der Waals surface area contributed by atoms with E-state index in [0.29, 0.717) is 0 Å². The maximum absolute atomic E-state index is 5.90. The minimum absolute atomic E-state index is 0.123. The molecule has 0 bridgehead atoms. The Morgan fingerprint density at radius 2 is 2.31 bits per heavy atom. The van der Waals surface area contributed by atoms with Crippen molar-refractivity contribution in [1.29, 1.82) is 0 Å². The molecule has 0 spiro atoms. The lowest BCUT2D eigenvalue weighted by atomic mass is 10.0. The number of ether oxygens (including phenoxy) is 1. The van der Waals surface area contributed by atoms with Crippen molar-refractivity contribution in [2.45, 2.75) is 31.9 Å². The lowest BCUT2D eigenvalue weighted by Gasteiger charge is -2.18. The van der Waals surface area contributed by atoms with Gasteiger partial charge in [-0.2, -0.15) is 5.48 Å². The Morgan fingerprint density at radius 3 is 3.00 bits per heavy atom. The summed E-state index contributed by atoms with van der Waals surface area (Å²) in [5.41, 5.74) is 4.18. The zero-order valence-electron chi connectivity index (χ0n) is 9.50. The average Bonchev–Trinajstić information content (AvgIpc) is 2.58. The van der Waals surface area contributed by atoms with Gasteiger partial charge in [0.2, 0.25) is 0 Å². The summed E-state index contributed by atoms with van der Waals surface area (Å²) in [7, 11) is 1.64. The molecule has 1 aromatic rings. The molecule has 16 heavy (non-hydrogen) atoms. The SMILES string of the molecule is CCCC1Oc2ccc(Br)cc2C1NOC. The summed E-state index contributed by atoms with van der Waals surface area (Å²) in [6.45, 7) is 2.16. The summed E-state index contributed by atoms with van der Waals surface area (Å²) in [6.07, 6.45) is 2.28. The molecule has 0 amide bonds. The predicted molar refractivity (Wildman–Crippen MR) is 66.4 cm³/mol. The van der Waals surface area contributed by atoms with E-state index in [1.165, 1.54) is 0 Å². The van der Waals surface area contributed by atoms with E-state index in [9.17, 15) is 0 Å². The molecule has 0 aromatic heterocycles. The first-order valence-corrected chi connectivity index (χ1v) is 6.30. The monoisotopic (exact) mass is 285 g/mol. The fourth-order valence-electron chi connectivity index (χ4n) is 2.08. The van der Waals surface area contributed by atoms with Gasteiger partial charge in [-0.1, -0.05) is 29.3 Å². The van der Waals surface area contributed by atoms with Gasteiger partial charge in [0, 0.05) is 10.0 Å². The van der Waals surface area contributed by atoms with Crippen molar-refractivity contribution in [2.24, 2.45) is 0 Å². The van der Waals surface area contributed by atoms with E-state index >= 15 is 0 Å². The summed E-state index contributed by atoms with van der Waals surface area (Å²) in [6, 6.07) is 6.20. The molecule has 2 rings (SSSR count). The average molecular weight is 286 g/mol. The maximum atomic E-state index is 5.90. The number of hydrogen-bond acceptors (Lipinski definition) is 3. The van der Waals surface area contributed by atoms with Crippen LogP contribution in [0.2, 0.25) is 0 Å². The Bertz CT molecular complexity index is 370. The third kappa shape index (κ3) is 2.24. The van der Waals surface area contributed by atoms with E-state index in [1.807, 2.05) is 12.1 Å².